The number of nitrogen functional groups attached to an aromatic ring is 1. The Labute approximate surface area is 147 Å². The van der Waals surface area contributed by atoms with Gasteiger partial charge in [-0.3, -0.25) is 4.79 Å². The van der Waals surface area contributed by atoms with Crippen LogP contribution >= 0.6 is 0 Å². The van der Waals surface area contributed by atoms with Crippen molar-refractivity contribution in [3.63, 3.8) is 0 Å². The summed E-state index contributed by atoms with van der Waals surface area (Å²) in [5, 5.41) is 8.00. The molecule has 1 unspecified atom stereocenters. The number of carbonyl (C=O) groups is 1. The lowest BCUT2D eigenvalue weighted by Crippen LogP contribution is -2.29. The molecule has 6 heteroatoms. The van der Waals surface area contributed by atoms with Gasteiger partial charge in [0.05, 0.1) is 11.6 Å². The molecule has 2 atom stereocenters. The number of hydrogen-bond donors (Lipinski definition) is 3. The largest absolute Gasteiger partial charge is 0.385 e. The summed E-state index contributed by atoms with van der Waals surface area (Å²) in [6.07, 6.45) is 4.09. The fraction of sp³-hybridized carbons (Fsp3) is 0.474. The smallest absolute Gasteiger partial charge is 0.256 e. The second-order valence-corrected chi connectivity index (χ2v) is 7.07. The molecule has 0 spiro atoms. The topological polar surface area (TPSA) is 99.0 Å². The van der Waals surface area contributed by atoms with Crippen LogP contribution < -0.4 is 16.8 Å². The molecule has 0 amide bonds. The van der Waals surface area contributed by atoms with Crippen LogP contribution in [0.4, 0.5) is 11.5 Å². The molecule has 0 fully saturated rings. The molecule has 25 heavy (non-hydrogen) atoms. The van der Waals surface area contributed by atoms with Crippen LogP contribution in [-0.4, -0.2) is 28.3 Å². The van der Waals surface area contributed by atoms with Crippen LogP contribution in [0.25, 0.3) is 0 Å². The number of fused-ring (bicyclic) bond motifs is 2. The van der Waals surface area contributed by atoms with Gasteiger partial charge in [0.1, 0.15) is 5.82 Å². The van der Waals surface area contributed by atoms with Crippen molar-refractivity contribution in [1.82, 2.24) is 9.78 Å². The van der Waals surface area contributed by atoms with Gasteiger partial charge >= 0.3 is 0 Å². The van der Waals surface area contributed by atoms with E-state index in [1.807, 2.05) is 12.1 Å². The summed E-state index contributed by atoms with van der Waals surface area (Å²) in [5.74, 6) is 0.235. The summed E-state index contributed by atoms with van der Waals surface area (Å²) >= 11 is 0. The van der Waals surface area contributed by atoms with Crippen molar-refractivity contribution in [1.29, 1.82) is 0 Å². The van der Waals surface area contributed by atoms with E-state index in [9.17, 15) is 4.79 Å². The zero-order chi connectivity index (χ0) is 17.6. The normalized spacial score (nSPS) is 22.0. The summed E-state index contributed by atoms with van der Waals surface area (Å²) in [5.41, 5.74) is 17.6. The first kappa shape index (κ1) is 16.1. The Kier molecular flexibility index (Phi) is 4.00. The molecule has 5 N–H and O–H groups in total. The monoisotopic (exact) mass is 339 g/mol. The van der Waals surface area contributed by atoms with E-state index in [-0.39, 0.29) is 17.9 Å². The number of para-hydroxylation sites is 1. The van der Waals surface area contributed by atoms with Crippen LogP contribution in [0.1, 0.15) is 52.9 Å². The number of rotatable bonds is 2. The molecule has 6 nitrogen and oxygen atoms in total. The third-order valence-corrected chi connectivity index (χ3v) is 5.51. The van der Waals surface area contributed by atoms with Gasteiger partial charge in [-0.25, -0.2) is 0 Å². The van der Waals surface area contributed by atoms with Crippen molar-refractivity contribution in [2.45, 2.75) is 51.0 Å². The quantitative estimate of drug-likeness (QED) is 0.778. The number of anilines is 2. The first-order valence-corrected chi connectivity index (χ1v) is 9.11. The lowest BCUT2D eigenvalue weighted by molar-refractivity contribution is 0.0859. The highest BCUT2D eigenvalue weighted by Crippen LogP contribution is 2.36. The zero-order valence-electron chi connectivity index (χ0n) is 14.6. The van der Waals surface area contributed by atoms with E-state index < -0.39 is 0 Å². The van der Waals surface area contributed by atoms with Gasteiger partial charge in [-0.05, 0) is 43.2 Å². The fourth-order valence-corrected chi connectivity index (χ4v) is 4.11. The molecule has 0 saturated carbocycles. The summed E-state index contributed by atoms with van der Waals surface area (Å²) in [6.45, 7) is 2.91. The number of aromatic nitrogens is 2. The molecule has 4 rings (SSSR count). The summed E-state index contributed by atoms with van der Waals surface area (Å²) in [4.78, 5) is 13.2. The number of aryl methyl sites for hydroxylation is 2. The number of nitrogens with one attached hydrogen (secondary N) is 1. The Morgan fingerprint density at radius 3 is 3.04 bits per heavy atom. The number of carbonyl (C=O) groups excluding carboxylic acids is 1. The lowest BCUT2D eigenvalue weighted by atomic mass is 9.88. The standard InChI is InChI=1S/C19H25N5O/c1-2-11-4-3-5-13-14(8-9-22-17(11)13)19(25)24-18(21)15-10-12(20)6-7-16(15)23-24/h3-5,12,14,22H,2,6-10,20-21H2,1H3/t12-,14?/m1/s1. The molecule has 2 aliphatic rings. The SMILES string of the molecule is CCc1cccc2c1NCCC2C(=O)n1nc2c(c1N)C[C@H](N)CC2. The Morgan fingerprint density at radius 2 is 2.24 bits per heavy atom. The first-order chi connectivity index (χ1) is 12.1. The predicted octanol–water partition coefficient (Wildman–Crippen LogP) is 2.08. The van der Waals surface area contributed by atoms with E-state index in [1.54, 1.807) is 0 Å². The Hall–Kier alpha value is -2.34. The van der Waals surface area contributed by atoms with E-state index in [1.165, 1.54) is 10.2 Å². The van der Waals surface area contributed by atoms with Gasteiger partial charge in [0, 0.05) is 23.8 Å². The minimum absolute atomic E-state index is 0.0310. The fourth-order valence-electron chi connectivity index (χ4n) is 4.11. The maximum Gasteiger partial charge on any atom is 0.256 e. The van der Waals surface area contributed by atoms with Crippen LogP contribution in [0.5, 0.6) is 0 Å². The maximum absolute atomic E-state index is 13.2. The molecular weight excluding hydrogens is 314 g/mol. The van der Waals surface area contributed by atoms with E-state index in [0.717, 1.165) is 54.7 Å². The van der Waals surface area contributed by atoms with E-state index in [0.29, 0.717) is 12.2 Å². The molecule has 1 aromatic carbocycles. The highest BCUT2D eigenvalue weighted by atomic mass is 16.2. The number of nitrogens with two attached hydrogens (primary N) is 2. The summed E-state index contributed by atoms with van der Waals surface area (Å²) in [7, 11) is 0. The van der Waals surface area contributed by atoms with Gasteiger partial charge in [-0.15, -0.1) is 0 Å². The van der Waals surface area contributed by atoms with Gasteiger partial charge < -0.3 is 16.8 Å². The Balaban J connectivity index is 1.72. The van der Waals surface area contributed by atoms with Gasteiger partial charge in [0.15, 0.2) is 0 Å². The predicted molar refractivity (Wildman–Crippen MR) is 98.9 cm³/mol. The molecule has 1 aliphatic carbocycles. The second kappa shape index (κ2) is 6.19. The molecule has 2 aromatic rings. The molecule has 2 heterocycles. The van der Waals surface area contributed by atoms with E-state index in [4.69, 9.17) is 11.5 Å². The third-order valence-electron chi connectivity index (χ3n) is 5.51. The average molecular weight is 339 g/mol. The molecular formula is C19H25N5O. The molecule has 0 saturated heterocycles. The molecule has 0 bridgehead atoms. The van der Waals surface area contributed by atoms with Crippen molar-refractivity contribution in [2.75, 3.05) is 17.6 Å². The molecule has 0 radical (unpaired) electrons. The Morgan fingerprint density at radius 1 is 1.40 bits per heavy atom. The van der Waals surface area contributed by atoms with Gasteiger partial charge in [0.25, 0.3) is 5.91 Å². The zero-order valence-corrected chi connectivity index (χ0v) is 14.6. The van der Waals surface area contributed by atoms with Gasteiger partial charge in [-0.1, -0.05) is 25.1 Å². The minimum atomic E-state index is -0.208. The molecule has 132 valence electrons. The number of benzene rings is 1. The van der Waals surface area contributed by atoms with Crippen LogP contribution in [0.3, 0.4) is 0 Å². The van der Waals surface area contributed by atoms with Crippen LogP contribution in [0.15, 0.2) is 18.2 Å². The average Bonchev–Trinajstić information content (AvgIpc) is 2.96. The maximum atomic E-state index is 13.2. The van der Waals surface area contributed by atoms with Crippen molar-refractivity contribution in [2.24, 2.45) is 5.73 Å². The van der Waals surface area contributed by atoms with Crippen LogP contribution in [0.2, 0.25) is 0 Å². The first-order valence-electron chi connectivity index (χ1n) is 9.11. The molecule has 1 aliphatic heterocycles. The van der Waals surface area contributed by atoms with Crippen LogP contribution in [0, 0.1) is 0 Å². The van der Waals surface area contributed by atoms with Gasteiger partial charge in [0.2, 0.25) is 0 Å². The van der Waals surface area contributed by atoms with E-state index >= 15 is 0 Å². The third kappa shape index (κ3) is 2.61. The summed E-state index contributed by atoms with van der Waals surface area (Å²) in [6, 6.07) is 6.29. The van der Waals surface area contributed by atoms with E-state index in [2.05, 4.69) is 23.4 Å². The van der Waals surface area contributed by atoms with Crippen LogP contribution in [-0.2, 0) is 19.3 Å². The lowest BCUT2D eigenvalue weighted by Gasteiger charge is -2.27. The van der Waals surface area contributed by atoms with Crippen molar-refractivity contribution >= 4 is 17.4 Å². The Bertz CT molecular complexity index is 825. The summed E-state index contributed by atoms with van der Waals surface area (Å²) < 4.78 is 1.43. The van der Waals surface area contributed by atoms with Crippen molar-refractivity contribution < 1.29 is 4.79 Å². The highest BCUT2D eigenvalue weighted by molar-refractivity contribution is 5.90. The molecule has 1 aromatic heterocycles. The van der Waals surface area contributed by atoms with Crippen molar-refractivity contribution in [3.8, 4) is 0 Å². The number of nitrogens with zero attached hydrogens (tertiary/aromatic N) is 2. The minimum Gasteiger partial charge on any atom is -0.385 e. The van der Waals surface area contributed by atoms with Gasteiger partial charge in [-0.2, -0.15) is 9.78 Å². The highest BCUT2D eigenvalue weighted by Gasteiger charge is 2.32. The number of hydrogen-bond acceptors (Lipinski definition) is 5. The van der Waals surface area contributed by atoms with Crippen molar-refractivity contribution in [3.05, 3.63) is 40.6 Å². The second-order valence-electron chi connectivity index (χ2n) is 7.07.